The highest BCUT2D eigenvalue weighted by molar-refractivity contribution is 7.47. The van der Waals surface area contributed by atoms with Crippen LogP contribution in [-0.4, -0.2) is 75.6 Å². The fraction of sp³-hybridized carbons (Fsp3) is 0.712. The maximum Gasteiger partial charge on any atom is 0.472 e. The second-order valence-electron chi connectivity index (χ2n) is 17.1. The Morgan fingerprint density at radius 2 is 0.951 bits per heavy atom. The Morgan fingerprint density at radius 3 is 1.43 bits per heavy atom. The molecular formula is C52H93NO7P+. The zero-order valence-corrected chi connectivity index (χ0v) is 40.8. The van der Waals surface area contributed by atoms with E-state index in [2.05, 4.69) is 98.9 Å². The van der Waals surface area contributed by atoms with E-state index in [0.717, 1.165) is 89.9 Å². The highest BCUT2D eigenvalue weighted by Crippen LogP contribution is 2.43. The number of esters is 1. The summed E-state index contributed by atoms with van der Waals surface area (Å²) in [7, 11) is 1.63. The molecule has 2 atom stereocenters. The SMILES string of the molecule is CC/C=C\C/C=C\C/C=C\C/C=C\C/C=C\CCCCCCOCC(COP(=O)(O)OCC[N+](C)(C)C)OC(=O)CCCCCCCCCCC/C=C\C/C=C\CCCCC. The number of carbonyl (C=O) groups excluding carboxylic acids is 1. The Balaban J connectivity index is 4.26. The van der Waals surface area contributed by atoms with Crippen LogP contribution in [0.25, 0.3) is 0 Å². The quantitative estimate of drug-likeness (QED) is 0.0214. The average molecular weight is 875 g/mol. The van der Waals surface area contributed by atoms with Crippen LogP contribution in [0, 0.1) is 0 Å². The second kappa shape index (κ2) is 44.3. The van der Waals surface area contributed by atoms with Gasteiger partial charge in [0.15, 0.2) is 0 Å². The number of likely N-dealkylation sites (N-methyl/N-ethyl adjacent to an activating group) is 1. The van der Waals surface area contributed by atoms with Gasteiger partial charge in [-0.3, -0.25) is 13.8 Å². The third-order valence-electron chi connectivity index (χ3n) is 9.94. The van der Waals surface area contributed by atoms with Gasteiger partial charge in [-0.2, -0.15) is 0 Å². The fourth-order valence-corrected chi connectivity index (χ4v) is 6.94. The number of unbranched alkanes of at least 4 members (excludes halogenated alkanes) is 16. The van der Waals surface area contributed by atoms with E-state index in [9.17, 15) is 14.3 Å². The average Bonchev–Trinajstić information content (AvgIpc) is 3.22. The van der Waals surface area contributed by atoms with Crippen LogP contribution < -0.4 is 0 Å². The maximum atomic E-state index is 12.7. The lowest BCUT2D eigenvalue weighted by molar-refractivity contribution is -0.870. The number of ether oxygens (including phenoxy) is 2. The van der Waals surface area contributed by atoms with E-state index >= 15 is 0 Å². The van der Waals surface area contributed by atoms with E-state index < -0.39 is 13.9 Å². The molecule has 0 aromatic carbocycles. The number of phosphoric ester groups is 1. The molecule has 0 aliphatic heterocycles. The van der Waals surface area contributed by atoms with Crippen molar-refractivity contribution in [2.75, 3.05) is 54.1 Å². The van der Waals surface area contributed by atoms with E-state index in [1.807, 2.05) is 21.1 Å². The lowest BCUT2D eigenvalue weighted by atomic mass is 10.1. The van der Waals surface area contributed by atoms with Crippen LogP contribution in [0.1, 0.15) is 181 Å². The summed E-state index contributed by atoms with van der Waals surface area (Å²) in [4.78, 5) is 23.0. The van der Waals surface area contributed by atoms with Crippen LogP contribution in [0.5, 0.6) is 0 Å². The first kappa shape index (κ1) is 58.7. The van der Waals surface area contributed by atoms with Crippen molar-refractivity contribution in [2.24, 2.45) is 0 Å². The van der Waals surface area contributed by atoms with E-state index in [1.54, 1.807) is 0 Å². The minimum Gasteiger partial charge on any atom is -0.457 e. The number of nitrogens with zero attached hydrogens (tertiary/aromatic N) is 1. The minimum atomic E-state index is -4.29. The van der Waals surface area contributed by atoms with Crippen LogP contribution in [0.15, 0.2) is 85.1 Å². The summed E-state index contributed by atoms with van der Waals surface area (Å²) in [6.07, 6.45) is 59.1. The predicted molar refractivity (Wildman–Crippen MR) is 261 cm³/mol. The molecule has 0 aromatic heterocycles. The van der Waals surface area contributed by atoms with Gasteiger partial charge in [-0.15, -0.1) is 0 Å². The molecule has 0 fully saturated rings. The molecule has 352 valence electrons. The van der Waals surface area contributed by atoms with Crippen molar-refractivity contribution in [2.45, 2.75) is 187 Å². The predicted octanol–water partition coefficient (Wildman–Crippen LogP) is 14.8. The summed E-state index contributed by atoms with van der Waals surface area (Å²) in [6.45, 7) is 5.40. The standard InChI is InChI=1S/C52H92NO7P/c1-6-8-10-12-14-16-18-20-22-24-26-28-30-32-34-36-38-40-42-44-47-57-49-51(50-59-61(55,56)58-48-46-53(3,4)5)60-52(54)45-43-41-39-37-35-33-31-29-27-25-23-21-19-17-15-13-11-9-7-2/h8,10,14-17,20-23,26,28,32,34,51H,6-7,9,11-13,18-19,24-25,27,29-31,33,35-50H2,1-5H3/p+1/b10-8-,16-14-,17-15-,22-20-,23-21-,28-26-,34-32-. The molecular weight excluding hydrogens is 782 g/mol. The molecule has 2 unspecified atom stereocenters. The molecule has 1 N–H and O–H groups in total. The number of rotatable bonds is 44. The molecule has 8 nitrogen and oxygen atoms in total. The van der Waals surface area contributed by atoms with Crippen molar-refractivity contribution >= 4 is 13.8 Å². The van der Waals surface area contributed by atoms with Gasteiger partial charge in [0.1, 0.15) is 19.3 Å². The van der Waals surface area contributed by atoms with Gasteiger partial charge in [-0.25, -0.2) is 4.57 Å². The molecule has 9 heteroatoms. The minimum absolute atomic E-state index is 0.0779. The van der Waals surface area contributed by atoms with Crippen molar-refractivity contribution in [3.8, 4) is 0 Å². The van der Waals surface area contributed by atoms with Crippen molar-refractivity contribution in [1.82, 2.24) is 0 Å². The number of phosphoric acid groups is 1. The summed E-state index contributed by atoms with van der Waals surface area (Å²) >= 11 is 0. The van der Waals surface area contributed by atoms with Crippen molar-refractivity contribution in [3.63, 3.8) is 0 Å². The van der Waals surface area contributed by atoms with Gasteiger partial charge in [0.05, 0.1) is 34.4 Å². The van der Waals surface area contributed by atoms with Crippen LogP contribution in [-0.2, 0) is 27.9 Å². The Bertz CT molecular complexity index is 1250. The van der Waals surface area contributed by atoms with Gasteiger partial charge in [0, 0.05) is 13.0 Å². The van der Waals surface area contributed by atoms with Gasteiger partial charge < -0.3 is 18.9 Å². The number of hydrogen-bond acceptors (Lipinski definition) is 6. The monoisotopic (exact) mass is 875 g/mol. The second-order valence-corrected chi connectivity index (χ2v) is 18.6. The van der Waals surface area contributed by atoms with Crippen molar-refractivity contribution in [1.29, 1.82) is 0 Å². The first-order valence-electron chi connectivity index (χ1n) is 24.3. The zero-order valence-electron chi connectivity index (χ0n) is 39.9. The van der Waals surface area contributed by atoms with Crippen LogP contribution >= 0.6 is 7.82 Å². The Labute approximate surface area is 375 Å². The van der Waals surface area contributed by atoms with Gasteiger partial charge >= 0.3 is 13.8 Å². The number of allylic oxidation sites excluding steroid dienone is 14. The maximum absolute atomic E-state index is 12.7. The number of quaternary nitrogens is 1. The number of carbonyl (C=O) groups is 1. The van der Waals surface area contributed by atoms with Gasteiger partial charge in [0.25, 0.3) is 0 Å². The first-order valence-corrected chi connectivity index (χ1v) is 25.8. The molecule has 0 aliphatic carbocycles. The van der Waals surface area contributed by atoms with Crippen LogP contribution in [0.4, 0.5) is 0 Å². The van der Waals surface area contributed by atoms with E-state index in [-0.39, 0.29) is 25.8 Å². The molecule has 0 radical (unpaired) electrons. The van der Waals surface area contributed by atoms with Crippen LogP contribution in [0.2, 0.25) is 0 Å². The highest BCUT2D eigenvalue weighted by Gasteiger charge is 2.26. The summed E-state index contributed by atoms with van der Waals surface area (Å²) in [5.74, 6) is -0.331. The fourth-order valence-electron chi connectivity index (χ4n) is 6.20. The Kier molecular flexibility index (Phi) is 42.6. The molecule has 0 spiro atoms. The summed E-state index contributed by atoms with van der Waals surface area (Å²) in [5.41, 5.74) is 0. The molecule has 0 heterocycles. The van der Waals surface area contributed by atoms with E-state index in [0.29, 0.717) is 24.1 Å². The Morgan fingerprint density at radius 1 is 0.525 bits per heavy atom. The van der Waals surface area contributed by atoms with Crippen molar-refractivity contribution < 1.29 is 37.3 Å². The first-order chi connectivity index (χ1) is 29.6. The topological polar surface area (TPSA) is 91.3 Å². The molecule has 0 aromatic rings. The smallest absolute Gasteiger partial charge is 0.457 e. The summed E-state index contributed by atoms with van der Waals surface area (Å²) in [5, 5.41) is 0. The normalized spacial score (nSPS) is 14.4. The highest BCUT2D eigenvalue weighted by atomic mass is 31.2. The molecule has 0 bridgehead atoms. The third-order valence-corrected chi connectivity index (χ3v) is 10.9. The lowest BCUT2D eigenvalue weighted by Crippen LogP contribution is -2.37. The van der Waals surface area contributed by atoms with Crippen LogP contribution in [0.3, 0.4) is 0 Å². The summed E-state index contributed by atoms with van der Waals surface area (Å²) < 4.78 is 35.1. The number of hydrogen-bond donors (Lipinski definition) is 1. The molecule has 0 aliphatic rings. The molecule has 61 heavy (non-hydrogen) atoms. The lowest BCUT2D eigenvalue weighted by Gasteiger charge is -2.24. The Hall–Kier alpha value is -2.32. The largest absolute Gasteiger partial charge is 0.472 e. The molecule has 0 saturated carbocycles. The molecule has 0 saturated heterocycles. The molecule has 0 rings (SSSR count). The zero-order chi connectivity index (χ0) is 44.8. The third kappa shape index (κ3) is 48.6. The van der Waals surface area contributed by atoms with Gasteiger partial charge in [-0.05, 0) is 89.9 Å². The van der Waals surface area contributed by atoms with E-state index in [4.69, 9.17) is 18.5 Å². The van der Waals surface area contributed by atoms with Gasteiger partial charge in [-0.1, -0.05) is 170 Å². The van der Waals surface area contributed by atoms with E-state index in [1.165, 1.54) is 70.6 Å². The van der Waals surface area contributed by atoms with Gasteiger partial charge in [0.2, 0.25) is 0 Å². The molecule has 0 amide bonds. The van der Waals surface area contributed by atoms with Crippen molar-refractivity contribution in [3.05, 3.63) is 85.1 Å². The summed E-state index contributed by atoms with van der Waals surface area (Å²) in [6, 6.07) is 0.